The lowest BCUT2D eigenvalue weighted by molar-refractivity contribution is 0.142. The summed E-state index contributed by atoms with van der Waals surface area (Å²) in [7, 11) is 0. The summed E-state index contributed by atoms with van der Waals surface area (Å²) in [5.41, 5.74) is 2.01. The van der Waals surface area contributed by atoms with Gasteiger partial charge in [-0.1, -0.05) is 37.3 Å². The molecule has 0 aliphatic heterocycles. The Balaban J connectivity index is 2.23. The lowest BCUT2D eigenvalue weighted by atomic mass is 9.88. The first-order valence-corrected chi connectivity index (χ1v) is 5.58. The van der Waals surface area contributed by atoms with E-state index in [0.29, 0.717) is 0 Å². The van der Waals surface area contributed by atoms with Gasteiger partial charge in [-0.05, 0) is 18.1 Å². The fourth-order valence-electron chi connectivity index (χ4n) is 2.02. The van der Waals surface area contributed by atoms with E-state index in [1.165, 1.54) is 5.56 Å². The lowest BCUT2D eigenvalue weighted by Gasteiger charge is -2.20. The van der Waals surface area contributed by atoms with Gasteiger partial charge in [0, 0.05) is 11.5 Å². The molecule has 2 atom stereocenters. The molecule has 2 nitrogen and oxygen atoms in total. The van der Waals surface area contributed by atoms with E-state index in [2.05, 4.69) is 19.1 Å². The standard InChI is InChI=1S/C14H16O2/c1-2-13(11-6-4-3-5-7-11)14(15)12-8-9-16-10-12/h3-10,13-15H,2H2,1H3. The molecule has 2 unspecified atom stereocenters. The zero-order valence-corrected chi connectivity index (χ0v) is 9.34. The van der Waals surface area contributed by atoms with Crippen LogP contribution in [0, 0.1) is 0 Å². The highest BCUT2D eigenvalue weighted by Gasteiger charge is 2.21. The minimum absolute atomic E-state index is 0.124. The van der Waals surface area contributed by atoms with Crippen molar-refractivity contribution in [2.45, 2.75) is 25.4 Å². The van der Waals surface area contributed by atoms with Crippen LogP contribution in [0.25, 0.3) is 0 Å². The molecule has 0 saturated carbocycles. The number of hydrogen-bond acceptors (Lipinski definition) is 2. The highest BCUT2D eigenvalue weighted by atomic mass is 16.3. The predicted molar refractivity (Wildman–Crippen MR) is 63.1 cm³/mol. The number of aliphatic hydroxyl groups excluding tert-OH is 1. The Morgan fingerprint density at radius 1 is 1.12 bits per heavy atom. The molecule has 2 rings (SSSR count). The van der Waals surface area contributed by atoms with Crippen LogP contribution in [0.2, 0.25) is 0 Å². The number of furan rings is 1. The van der Waals surface area contributed by atoms with Crippen LogP contribution in [0.1, 0.15) is 36.5 Å². The number of benzene rings is 1. The van der Waals surface area contributed by atoms with Crippen LogP contribution in [0.3, 0.4) is 0 Å². The zero-order chi connectivity index (χ0) is 11.4. The first-order valence-electron chi connectivity index (χ1n) is 5.58. The van der Waals surface area contributed by atoms with Gasteiger partial charge >= 0.3 is 0 Å². The van der Waals surface area contributed by atoms with Crippen LogP contribution in [-0.2, 0) is 0 Å². The van der Waals surface area contributed by atoms with Crippen molar-refractivity contribution >= 4 is 0 Å². The normalized spacial score (nSPS) is 14.6. The Bertz CT molecular complexity index is 406. The molecule has 1 N–H and O–H groups in total. The van der Waals surface area contributed by atoms with E-state index < -0.39 is 6.10 Å². The topological polar surface area (TPSA) is 33.4 Å². The third kappa shape index (κ3) is 2.17. The van der Waals surface area contributed by atoms with E-state index in [-0.39, 0.29) is 5.92 Å². The first kappa shape index (κ1) is 11.0. The second-order valence-corrected chi connectivity index (χ2v) is 3.93. The van der Waals surface area contributed by atoms with Gasteiger partial charge < -0.3 is 9.52 Å². The van der Waals surface area contributed by atoms with E-state index >= 15 is 0 Å². The maximum absolute atomic E-state index is 10.3. The van der Waals surface area contributed by atoms with Gasteiger partial charge in [-0.2, -0.15) is 0 Å². The van der Waals surface area contributed by atoms with Crippen molar-refractivity contribution in [1.82, 2.24) is 0 Å². The zero-order valence-electron chi connectivity index (χ0n) is 9.34. The Morgan fingerprint density at radius 2 is 1.88 bits per heavy atom. The SMILES string of the molecule is CCC(c1ccccc1)C(O)c1ccoc1. The number of aliphatic hydroxyl groups is 1. The Morgan fingerprint density at radius 3 is 2.44 bits per heavy atom. The van der Waals surface area contributed by atoms with Crippen LogP contribution in [-0.4, -0.2) is 5.11 Å². The summed E-state index contributed by atoms with van der Waals surface area (Å²) in [4.78, 5) is 0. The van der Waals surface area contributed by atoms with Crippen molar-refractivity contribution in [3.8, 4) is 0 Å². The molecule has 0 radical (unpaired) electrons. The Hall–Kier alpha value is -1.54. The molecule has 1 aromatic carbocycles. The highest BCUT2D eigenvalue weighted by Crippen LogP contribution is 2.33. The second-order valence-electron chi connectivity index (χ2n) is 3.93. The van der Waals surface area contributed by atoms with Gasteiger partial charge in [0.15, 0.2) is 0 Å². The molecule has 0 fully saturated rings. The quantitative estimate of drug-likeness (QED) is 0.848. The summed E-state index contributed by atoms with van der Waals surface area (Å²) < 4.78 is 5.01. The molecule has 1 aromatic heterocycles. The smallest absolute Gasteiger partial charge is 0.0960 e. The van der Waals surface area contributed by atoms with E-state index in [0.717, 1.165) is 12.0 Å². The van der Waals surface area contributed by atoms with Crippen LogP contribution >= 0.6 is 0 Å². The molecule has 0 spiro atoms. The fourth-order valence-corrected chi connectivity index (χ4v) is 2.02. The largest absolute Gasteiger partial charge is 0.472 e. The van der Waals surface area contributed by atoms with E-state index in [1.54, 1.807) is 12.5 Å². The molecule has 0 bridgehead atoms. The molecular formula is C14H16O2. The third-order valence-corrected chi connectivity index (χ3v) is 2.93. The number of hydrogen-bond donors (Lipinski definition) is 1. The van der Waals surface area contributed by atoms with Crippen molar-refractivity contribution in [2.75, 3.05) is 0 Å². The van der Waals surface area contributed by atoms with Gasteiger partial charge in [0.05, 0.1) is 18.6 Å². The summed E-state index contributed by atoms with van der Waals surface area (Å²) in [6, 6.07) is 11.9. The first-order chi connectivity index (χ1) is 7.83. The van der Waals surface area contributed by atoms with Crippen molar-refractivity contribution in [1.29, 1.82) is 0 Å². The molecule has 2 aromatic rings. The van der Waals surface area contributed by atoms with Crippen LogP contribution < -0.4 is 0 Å². The fraction of sp³-hybridized carbons (Fsp3) is 0.286. The Kier molecular flexibility index (Phi) is 3.42. The van der Waals surface area contributed by atoms with Gasteiger partial charge in [-0.15, -0.1) is 0 Å². The van der Waals surface area contributed by atoms with Gasteiger partial charge in [0.2, 0.25) is 0 Å². The minimum atomic E-state index is -0.494. The van der Waals surface area contributed by atoms with E-state index in [4.69, 9.17) is 4.42 Å². The molecule has 84 valence electrons. The molecule has 0 aliphatic carbocycles. The molecule has 2 heteroatoms. The summed E-state index contributed by atoms with van der Waals surface area (Å²) in [6.07, 6.45) is 3.61. The van der Waals surface area contributed by atoms with Gasteiger partial charge in [-0.3, -0.25) is 0 Å². The average Bonchev–Trinajstić information content (AvgIpc) is 2.85. The summed E-state index contributed by atoms with van der Waals surface area (Å²) >= 11 is 0. The van der Waals surface area contributed by atoms with Crippen LogP contribution in [0.4, 0.5) is 0 Å². The van der Waals surface area contributed by atoms with Crippen LogP contribution in [0.5, 0.6) is 0 Å². The molecular weight excluding hydrogens is 200 g/mol. The van der Waals surface area contributed by atoms with Crippen molar-refractivity contribution in [3.63, 3.8) is 0 Å². The monoisotopic (exact) mass is 216 g/mol. The second kappa shape index (κ2) is 4.99. The van der Waals surface area contributed by atoms with E-state index in [1.807, 2.05) is 24.3 Å². The maximum Gasteiger partial charge on any atom is 0.0960 e. The van der Waals surface area contributed by atoms with Crippen molar-refractivity contribution in [2.24, 2.45) is 0 Å². The van der Waals surface area contributed by atoms with Crippen molar-refractivity contribution < 1.29 is 9.52 Å². The maximum atomic E-state index is 10.3. The molecule has 0 saturated heterocycles. The van der Waals surface area contributed by atoms with Gasteiger partial charge in [0.25, 0.3) is 0 Å². The van der Waals surface area contributed by atoms with Gasteiger partial charge in [0.1, 0.15) is 0 Å². The Labute approximate surface area is 95.5 Å². The minimum Gasteiger partial charge on any atom is -0.472 e. The predicted octanol–water partition coefficient (Wildman–Crippen LogP) is 3.51. The van der Waals surface area contributed by atoms with Gasteiger partial charge in [-0.25, -0.2) is 0 Å². The lowest BCUT2D eigenvalue weighted by Crippen LogP contribution is -2.09. The summed E-state index contributed by atoms with van der Waals surface area (Å²) in [5, 5.41) is 10.3. The van der Waals surface area contributed by atoms with Crippen LogP contribution in [0.15, 0.2) is 53.3 Å². The number of rotatable bonds is 4. The highest BCUT2D eigenvalue weighted by molar-refractivity contribution is 5.24. The average molecular weight is 216 g/mol. The third-order valence-electron chi connectivity index (χ3n) is 2.93. The molecule has 0 amide bonds. The van der Waals surface area contributed by atoms with Crippen molar-refractivity contribution in [3.05, 3.63) is 60.1 Å². The van der Waals surface area contributed by atoms with E-state index in [9.17, 15) is 5.11 Å². The molecule has 1 heterocycles. The summed E-state index contributed by atoms with van der Waals surface area (Å²) in [5.74, 6) is 0.124. The summed E-state index contributed by atoms with van der Waals surface area (Å²) in [6.45, 7) is 2.08. The molecule has 16 heavy (non-hydrogen) atoms. The molecule has 0 aliphatic rings.